The number of allylic oxidation sites excluding steroid dienone is 4. The maximum Gasteiger partial charge on any atom is 0.255 e. The first-order valence-electron chi connectivity index (χ1n) is 13.8. The minimum atomic E-state index is -0.559. The second-order valence-electron chi connectivity index (χ2n) is 12.8. The highest BCUT2D eigenvalue weighted by Crippen LogP contribution is 2.54. The maximum absolute atomic E-state index is 13.9. The Morgan fingerprint density at radius 2 is 1.46 bits per heavy atom. The highest BCUT2D eigenvalue weighted by Gasteiger charge is 2.48. The topological polar surface area (TPSA) is 89.7 Å². The number of rotatable bonds is 7. The maximum atomic E-state index is 13.9. The molecular formula is C33H38N2O4. The average molecular weight is 527 g/mol. The van der Waals surface area contributed by atoms with E-state index in [2.05, 4.69) is 44.7 Å². The molecule has 1 amide bonds. The first kappa shape index (κ1) is 26.9. The van der Waals surface area contributed by atoms with Gasteiger partial charge in [-0.25, -0.2) is 0 Å². The number of hydrogen-bond donors (Lipinski definition) is 1. The molecule has 2 aliphatic carbocycles. The highest BCUT2D eigenvalue weighted by molar-refractivity contribution is 6.06. The number of nitrogens with two attached hydrogens (primary N) is 1. The number of benzene rings is 2. The molecule has 39 heavy (non-hydrogen) atoms. The zero-order chi connectivity index (χ0) is 27.9. The monoisotopic (exact) mass is 526 g/mol. The van der Waals surface area contributed by atoms with Gasteiger partial charge in [-0.1, -0.05) is 70.2 Å². The van der Waals surface area contributed by atoms with Crippen LogP contribution in [0.3, 0.4) is 0 Å². The van der Waals surface area contributed by atoms with Crippen molar-refractivity contribution in [3.63, 3.8) is 0 Å². The summed E-state index contributed by atoms with van der Waals surface area (Å²) in [5.41, 5.74) is 10.6. The Balaban J connectivity index is 1.67. The van der Waals surface area contributed by atoms with Gasteiger partial charge in [0.2, 0.25) is 0 Å². The summed E-state index contributed by atoms with van der Waals surface area (Å²) in [5, 5.41) is 0. The lowest BCUT2D eigenvalue weighted by Crippen LogP contribution is -2.45. The Hall–Kier alpha value is -3.67. The van der Waals surface area contributed by atoms with Gasteiger partial charge in [-0.3, -0.25) is 14.4 Å². The summed E-state index contributed by atoms with van der Waals surface area (Å²) in [4.78, 5) is 41.5. The SMILES string of the molecule is CC1(C)CC(=O)C2=C(C1)N(CCc1ccccc1)C1=C(C(=O)CC(C)(C)C1)C2c1cccc(OCC(N)=O)c1. The van der Waals surface area contributed by atoms with Crippen molar-refractivity contribution in [2.24, 2.45) is 16.6 Å². The molecule has 0 unspecified atom stereocenters. The summed E-state index contributed by atoms with van der Waals surface area (Å²) in [7, 11) is 0. The highest BCUT2D eigenvalue weighted by atomic mass is 16.5. The van der Waals surface area contributed by atoms with E-state index in [4.69, 9.17) is 10.5 Å². The Kier molecular flexibility index (Phi) is 7.00. The Morgan fingerprint density at radius 3 is 2.03 bits per heavy atom. The van der Waals surface area contributed by atoms with Crippen LogP contribution in [0.25, 0.3) is 0 Å². The summed E-state index contributed by atoms with van der Waals surface area (Å²) in [6.45, 7) is 9.08. The molecule has 5 rings (SSSR count). The lowest BCUT2D eigenvalue weighted by atomic mass is 9.63. The lowest BCUT2D eigenvalue weighted by molar-refractivity contribution is -0.120. The Morgan fingerprint density at radius 1 is 0.872 bits per heavy atom. The fourth-order valence-corrected chi connectivity index (χ4v) is 6.47. The van der Waals surface area contributed by atoms with Gasteiger partial charge < -0.3 is 15.4 Å². The van der Waals surface area contributed by atoms with Crippen LogP contribution in [0.2, 0.25) is 0 Å². The van der Waals surface area contributed by atoms with Crippen molar-refractivity contribution >= 4 is 17.5 Å². The number of hydrogen-bond acceptors (Lipinski definition) is 5. The molecule has 6 heteroatoms. The number of nitrogens with zero attached hydrogens (tertiary/aromatic N) is 1. The van der Waals surface area contributed by atoms with Gasteiger partial charge in [-0.2, -0.15) is 0 Å². The molecule has 0 saturated heterocycles. The molecule has 0 bridgehead atoms. The standard InChI is InChI=1S/C33H38N2O4/c1-32(2)16-24-30(26(36)18-32)29(22-11-8-12-23(15-22)39-20-28(34)38)31-25(17-33(3,4)19-27(31)37)35(24)14-13-21-9-6-5-7-10-21/h5-12,15,29H,13-14,16-20H2,1-4H3,(H2,34,38). The van der Waals surface area contributed by atoms with Gasteiger partial charge in [0.25, 0.3) is 5.91 Å². The van der Waals surface area contributed by atoms with E-state index in [-0.39, 0.29) is 29.0 Å². The van der Waals surface area contributed by atoms with E-state index in [0.717, 1.165) is 47.4 Å². The van der Waals surface area contributed by atoms with Crippen molar-refractivity contribution in [2.75, 3.05) is 13.2 Å². The summed E-state index contributed by atoms with van der Waals surface area (Å²) in [5.74, 6) is -0.315. The van der Waals surface area contributed by atoms with Crippen molar-refractivity contribution in [2.45, 2.75) is 65.7 Å². The van der Waals surface area contributed by atoms with E-state index in [9.17, 15) is 14.4 Å². The van der Waals surface area contributed by atoms with Crippen molar-refractivity contribution in [1.82, 2.24) is 4.90 Å². The first-order chi connectivity index (χ1) is 18.4. The van der Waals surface area contributed by atoms with Crippen molar-refractivity contribution in [3.05, 3.63) is 88.3 Å². The summed E-state index contributed by atoms with van der Waals surface area (Å²) >= 11 is 0. The molecule has 204 valence electrons. The first-order valence-corrected chi connectivity index (χ1v) is 13.8. The van der Waals surface area contributed by atoms with Gasteiger partial charge in [-0.15, -0.1) is 0 Å². The molecule has 0 aromatic heterocycles. The number of amides is 1. The predicted molar refractivity (Wildman–Crippen MR) is 151 cm³/mol. The number of primary amides is 1. The van der Waals surface area contributed by atoms with Crippen LogP contribution in [-0.2, 0) is 20.8 Å². The fourth-order valence-electron chi connectivity index (χ4n) is 6.47. The van der Waals surface area contributed by atoms with Crippen molar-refractivity contribution in [3.8, 4) is 5.75 Å². The smallest absolute Gasteiger partial charge is 0.255 e. The molecular weight excluding hydrogens is 488 g/mol. The molecule has 2 aromatic rings. The number of Topliss-reactive ketones (excluding diaryl/α,β-unsaturated/α-hetero) is 2. The Labute approximate surface area is 230 Å². The third-order valence-corrected chi connectivity index (χ3v) is 8.06. The zero-order valence-electron chi connectivity index (χ0n) is 23.4. The average Bonchev–Trinajstić information content (AvgIpc) is 2.85. The Bertz CT molecular complexity index is 1330. The summed E-state index contributed by atoms with van der Waals surface area (Å²) in [6, 6.07) is 17.8. The second kappa shape index (κ2) is 10.1. The minimum absolute atomic E-state index is 0.101. The lowest BCUT2D eigenvalue weighted by Gasteiger charge is -2.49. The zero-order valence-corrected chi connectivity index (χ0v) is 23.4. The summed E-state index contributed by atoms with van der Waals surface area (Å²) in [6.07, 6.45) is 3.23. The van der Waals surface area contributed by atoms with Gasteiger partial charge >= 0.3 is 0 Å². The second-order valence-corrected chi connectivity index (χ2v) is 12.8. The number of carbonyl (C=O) groups is 3. The van der Waals surface area contributed by atoms with Crippen LogP contribution in [0, 0.1) is 10.8 Å². The third-order valence-electron chi connectivity index (χ3n) is 8.06. The largest absolute Gasteiger partial charge is 0.484 e. The number of ether oxygens (including phenoxy) is 1. The quantitative estimate of drug-likeness (QED) is 0.516. The molecule has 0 saturated carbocycles. The molecule has 2 N–H and O–H groups in total. The van der Waals surface area contributed by atoms with E-state index < -0.39 is 11.8 Å². The van der Waals surface area contributed by atoms with E-state index in [1.54, 1.807) is 6.07 Å². The van der Waals surface area contributed by atoms with Gasteiger partial charge in [0.05, 0.1) is 0 Å². The van der Waals surface area contributed by atoms with Crippen LogP contribution in [-0.4, -0.2) is 35.5 Å². The normalized spacial score (nSPS) is 20.6. The van der Waals surface area contributed by atoms with Crippen LogP contribution >= 0.6 is 0 Å². The molecule has 6 nitrogen and oxygen atoms in total. The molecule has 3 aliphatic rings. The molecule has 1 heterocycles. The minimum Gasteiger partial charge on any atom is -0.484 e. The van der Waals surface area contributed by atoms with Gasteiger partial charge in [0.15, 0.2) is 18.2 Å². The van der Waals surface area contributed by atoms with E-state index in [0.29, 0.717) is 25.1 Å². The predicted octanol–water partition coefficient (Wildman–Crippen LogP) is 5.48. The fraction of sp³-hybridized carbons (Fsp3) is 0.424. The molecule has 1 aliphatic heterocycles. The van der Waals surface area contributed by atoms with E-state index >= 15 is 0 Å². The molecule has 2 aromatic carbocycles. The van der Waals surface area contributed by atoms with Crippen LogP contribution < -0.4 is 10.5 Å². The van der Waals surface area contributed by atoms with Gasteiger partial charge in [0, 0.05) is 47.8 Å². The number of carbonyl (C=O) groups excluding carboxylic acids is 3. The van der Waals surface area contributed by atoms with Crippen LogP contribution in [0.1, 0.15) is 70.4 Å². The van der Waals surface area contributed by atoms with E-state index in [1.165, 1.54) is 5.56 Å². The van der Waals surface area contributed by atoms with Crippen molar-refractivity contribution < 1.29 is 19.1 Å². The van der Waals surface area contributed by atoms with E-state index in [1.807, 2.05) is 36.4 Å². The number of ketones is 2. The third kappa shape index (κ3) is 5.56. The van der Waals surface area contributed by atoms with Crippen LogP contribution in [0.4, 0.5) is 0 Å². The van der Waals surface area contributed by atoms with Crippen LogP contribution in [0.15, 0.2) is 77.1 Å². The van der Waals surface area contributed by atoms with Gasteiger partial charge in [0.1, 0.15) is 5.75 Å². The van der Waals surface area contributed by atoms with Gasteiger partial charge in [-0.05, 0) is 53.4 Å². The molecule has 0 fully saturated rings. The van der Waals surface area contributed by atoms with Crippen LogP contribution in [0.5, 0.6) is 5.75 Å². The molecule has 0 spiro atoms. The molecule has 0 radical (unpaired) electrons. The summed E-state index contributed by atoms with van der Waals surface area (Å²) < 4.78 is 5.61. The molecule has 0 atom stereocenters. The van der Waals surface area contributed by atoms with Crippen molar-refractivity contribution in [1.29, 1.82) is 0 Å².